The summed E-state index contributed by atoms with van der Waals surface area (Å²) in [6, 6.07) is 14.4. The van der Waals surface area contributed by atoms with Crippen LogP contribution in [0.4, 0.5) is 15.8 Å². The van der Waals surface area contributed by atoms with Crippen LogP contribution in [0, 0.1) is 11.7 Å². The normalized spacial score (nSPS) is 19.3. The van der Waals surface area contributed by atoms with E-state index in [4.69, 9.17) is 4.74 Å². The van der Waals surface area contributed by atoms with Crippen molar-refractivity contribution in [3.05, 3.63) is 59.9 Å². The molecule has 0 bridgehead atoms. The number of para-hydroxylation sites is 1. The summed E-state index contributed by atoms with van der Waals surface area (Å²) >= 11 is 0. The maximum atomic E-state index is 14.1. The van der Waals surface area contributed by atoms with Gasteiger partial charge in [0.2, 0.25) is 11.8 Å². The molecule has 30 heavy (non-hydrogen) atoms. The van der Waals surface area contributed by atoms with Crippen LogP contribution in [0.2, 0.25) is 0 Å². The summed E-state index contributed by atoms with van der Waals surface area (Å²) in [5, 5.41) is 0. The molecule has 6 nitrogen and oxygen atoms in total. The lowest BCUT2D eigenvalue weighted by molar-refractivity contribution is -0.135. The van der Waals surface area contributed by atoms with Gasteiger partial charge >= 0.3 is 0 Å². The molecule has 2 aliphatic heterocycles. The van der Waals surface area contributed by atoms with Crippen LogP contribution in [0.5, 0.6) is 0 Å². The number of benzene rings is 2. The Morgan fingerprint density at radius 3 is 2.53 bits per heavy atom. The standard InChI is InChI=1S/C23H26FN3O3/c1-25(15-17-6-8-19(9-7-17)26-10-12-30-13-11-26)23(29)18-14-22(28)27(16-18)21-5-3-2-4-20(21)24/h2-9,18H,10-16H2,1H3/t18-/m0/s1. The number of halogens is 1. The summed E-state index contributed by atoms with van der Waals surface area (Å²) in [5.74, 6) is -1.23. The monoisotopic (exact) mass is 411 g/mol. The first-order chi connectivity index (χ1) is 14.5. The van der Waals surface area contributed by atoms with E-state index in [-0.39, 0.29) is 30.5 Å². The number of rotatable bonds is 5. The summed E-state index contributed by atoms with van der Waals surface area (Å²) < 4.78 is 19.4. The van der Waals surface area contributed by atoms with Crippen molar-refractivity contribution in [2.75, 3.05) is 49.7 Å². The lowest BCUT2D eigenvalue weighted by atomic mass is 10.1. The average Bonchev–Trinajstić information content (AvgIpc) is 3.16. The van der Waals surface area contributed by atoms with E-state index in [1.165, 1.54) is 11.0 Å². The van der Waals surface area contributed by atoms with Gasteiger partial charge in [0, 0.05) is 45.3 Å². The number of nitrogens with zero attached hydrogens (tertiary/aromatic N) is 3. The second-order valence-corrected chi connectivity index (χ2v) is 7.82. The van der Waals surface area contributed by atoms with Crippen LogP contribution in [0.1, 0.15) is 12.0 Å². The van der Waals surface area contributed by atoms with Gasteiger partial charge in [-0.1, -0.05) is 24.3 Å². The fraction of sp³-hybridized carbons (Fsp3) is 0.391. The molecule has 0 radical (unpaired) electrons. The van der Waals surface area contributed by atoms with Gasteiger partial charge in [-0.3, -0.25) is 9.59 Å². The maximum absolute atomic E-state index is 14.1. The van der Waals surface area contributed by atoms with Crippen molar-refractivity contribution in [1.82, 2.24) is 4.90 Å². The molecule has 2 fully saturated rings. The summed E-state index contributed by atoms with van der Waals surface area (Å²) in [7, 11) is 1.74. The Balaban J connectivity index is 1.37. The second kappa shape index (κ2) is 8.83. The largest absolute Gasteiger partial charge is 0.378 e. The van der Waals surface area contributed by atoms with E-state index >= 15 is 0 Å². The predicted octanol–water partition coefficient (Wildman–Crippen LogP) is 2.67. The Morgan fingerprint density at radius 1 is 1.13 bits per heavy atom. The molecule has 2 aromatic carbocycles. The van der Waals surface area contributed by atoms with Crippen molar-refractivity contribution in [3.63, 3.8) is 0 Å². The molecule has 0 spiro atoms. The zero-order chi connectivity index (χ0) is 21.1. The highest BCUT2D eigenvalue weighted by Crippen LogP contribution is 2.28. The Bertz CT molecular complexity index is 912. The van der Waals surface area contributed by atoms with E-state index in [0.717, 1.165) is 37.6 Å². The minimum atomic E-state index is -0.463. The molecule has 0 N–H and O–H groups in total. The van der Waals surface area contributed by atoms with Crippen molar-refractivity contribution in [2.45, 2.75) is 13.0 Å². The van der Waals surface area contributed by atoms with Gasteiger partial charge in [0.1, 0.15) is 5.82 Å². The minimum absolute atomic E-state index is 0.0977. The van der Waals surface area contributed by atoms with Crippen LogP contribution in [0.3, 0.4) is 0 Å². The first-order valence-electron chi connectivity index (χ1n) is 10.2. The van der Waals surface area contributed by atoms with Crippen molar-refractivity contribution in [2.24, 2.45) is 5.92 Å². The molecule has 2 aliphatic rings. The van der Waals surface area contributed by atoms with Gasteiger partial charge in [-0.05, 0) is 29.8 Å². The first kappa shape index (κ1) is 20.3. The van der Waals surface area contributed by atoms with Gasteiger partial charge < -0.3 is 19.4 Å². The quantitative estimate of drug-likeness (QED) is 0.759. The van der Waals surface area contributed by atoms with Gasteiger partial charge in [0.25, 0.3) is 0 Å². The highest BCUT2D eigenvalue weighted by molar-refractivity contribution is 6.00. The number of hydrogen-bond acceptors (Lipinski definition) is 4. The molecule has 1 atom stereocenters. The summed E-state index contributed by atoms with van der Waals surface area (Å²) in [5.41, 5.74) is 2.41. The third-order valence-electron chi connectivity index (χ3n) is 5.73. The number of morpholine rings is 1. The highest BCUT2D eigenvalue weighted by atomic mass is 19.1. The van der Waals surface area contributed by atoms with Gasteiger partial charge in [-0.15, -0.1) is 0 Å². The lowest BCUT2D eigenvalue weighted by Gasteiger charge is -2.29. The average molecular weight is 411 g/mol. The van der Waals surface area contributed by atoms with Crippen molar-refractivity contribution in [1.29, 1.82) is 0 Å². The van der Waals surface area contributed by atoms with Crippen molar-refractivity contribution < 1.29 is 18.7 Å². The molecule has 0 aromatic heterocycles. The van der Waals surface area contributed by atoms with Crippen LogP contribution in [0.15, 0.2) is 48.5 Å². The molecular formula is C23H26FN3O3. The van der Waals surface area contributed by atoms with Crippen molar-refractivity contribution >= 4 is 23.2 Å². The molecule has 2 amide bonds. The number of anilines is 2. The van der Waals surface area contributed by atoms with Gasteiger partial charge in [0.05, 0.1) is 24.8 Å². The van der Waals surface area contributed by atoms with Crippen LogP contribution < -0.4 is 9.80 Å². The third kappa shape index (κ3) is 4.31. The summed E-state index contributed by atoms with van der Waals surface area (Å²) in [6.07, 6.45) is 0.105. The predicted molar refractivity (Wildman–Crippen MR) is 113 cm³/mol. The summed E-state index contributed by atoms with van der Waals surface area (Å²) in [6.45, 7) is 3.91. The van der Waals surface area contributed by atoms with E-state index in [1.807, 2.05) is 12.1 Å². The topological polar surface area (TPSA) is 53.1 Å². The Hall–Kier alpha value is -2.93. The number of carbonyl (C=O) groups excluding carboxylic acids is 2. The first-order valence-corrected chi connectivity index (χ1v) is 10.2. The SMILES string of the molecule is CN(Cc1ccc(N2CCOCC2)cc1)C(=O)[C@H]1CC(=O)N(c2ccccc2F)C1. The maximum Gasteiger partial charge on any atom is 0.228 e. The van der Waals surface area contributed by atoms with E-state index in [9.17, 15) is 14.0 Å². The van der Waals surface area contributed by atoms with Crippen LogP contribution in [-0.2, 0) is 20.9 Å². The molecular weight excluding hydrogens is 385 g/mol. The molecule has 4 rings (SSSR count). The Morgan fingerprint density at radius 2 is 1.83 bits per heavy atom. The Labute approximate surface area is 175 Å². The molecule has 7 heteroatoms. The van der Waals surface area contributed by atoms with Crippen molar-refractivity contribution in [3.8, 4) is 0 Å². The zero-order valence-electron chi connectivity index (χ0n) is 17.1. The lowest BCUT2D eigenvalue weighted by Crippen LogP contribution is -2.36. The van der Waals surface area contributed by atoms with Gasteiger partial charge in [-0.25, -0.2) is 4.39 Å². The summed E-state index contributed by atoms with van der Waals surface area (Å²) in [4.78, 5) is 30.6. The smallest absolute Gasteiger partial charge is 0.228 e. The van der Waals surface area contributed by atoms with E-state index < -0.39 is 11.7 Å². The molecule has 2 heterocycles. The number of amides is 2. The Kier molecular flexibility index (Phi) is 5.99. The number of hydrogen-bond donors (Lipinski definition) is 0. The third-order valence-corrected chi connectivity index (χ3v) is 5.73. The van der Waals surface area contributed by atoms with Crippen LogP contribution in [0.25, 0.3) is 0 Å². The molecule has 0 unspecified atom stereocenters. The molecule has 0 saturated carbocycles. The van der Waals surface area contributed by atoms with Crippen LogP contribution >= 0.6 is 0 Å². The molecule has 2 saturated heterocycles. The number of carbonyl (C=O) groups is 2. The van der Waals surface area contributed by atoms with Crippen LogP contribution in [-0.4, -0.2) is 56.6 Å². The molecule has 158 valence electrons. The highest BCUT2D eigenvalue weighted by Gasteiger charge is 2.37. The minimum Gasteiger partial charge on any atom is -0.378 e. The number of ether oxygens (including phenoxy) is 1. The van der Waals surface area contributed by atoms with Gasteiger partial charge in [-0.2, -0.15) is 0 Å². The molecule has 0 aliphatic carbocycles. The zero-order valence-corrected chi connectivity index (χ0v) is 17.1. The van der Waals surface area contributed by atoms with Gasteiger partial charge in [0.15, 0.2) is 0 Å². The van der Waals surface area contributed by atoms with E-state index in [0.29, 0.717) is 6.54 Å². The molecule has 2 aromatic rings. The fourth-order valence-electron chi connectivity index (χ4n) is 4.07. The van der Waals surface area contributed by atoms with E-state index in [1.54, 1.807) is 30.1 Å². The second-order valence-electron chi connectivity index (χ2n) is 7.82. The van der Waals surface area contributed by atoms with E-state index in [2.05, 4.69) is 17.0 Å². The fourth-order valence-corrected chi connectivity index (χ4v) is 4.07.